The highest BCUT2D eigenvalue weighted by Crippen LogP contribution is 2.28. The zero-order chi connectivity index (χ0) is 19.3. The third-order valence-corrected chi connectivity index (χ3v) is 4.36. The van der Waals surface area contributed by atoms with Gasteiger partial charge >= 0.3 is 0 Å². The summed E-state index contributed by atoms with van der Waals surface area (Å²) >= 11 is 0. The molecule has 0 saturated carbocycles. The van der Waals surface area contributed by atoms with Crippen molar-refractivity contribution in [1.29, 1.82) is 0 Å². The number of amides is 1. The normalized spacial score (nSPS) is 10.5. The smallest absolute Gasteiger partial charge is 0.259 e. The molecule has 4 aromatic rings. The van der Waals surface area contributed by atoms with Crippen molar-refractivity contribution in [3.8, 4) is 11.3 Å². The summed E-state index contributed by atoms with van der Waals surface area (Å²) in [6, 6.07) is 14.8. The van der Waals surface area contributed by atoms with Gasteiger partial charge in [0.15, 0.2) is 0 Å². The van der Waals surface area contributed by atoms with Crippen LogP contribution in [0, 0.1) is 0 Å². The van der Waals surface area contributed by atoms with Gasteiger partial charge in [0, 0.05) is 36.9 Å². The van der Waals surface area contributed by atoms with Crippen molar-refractivity contribution in [1.82, 2.24) is 19.9 Å². The Morgan fingerprint density at radius 1 is 1.00 bits per heavy atom. The van der Waals surface area contributed by atoms with Crippen LogP contribution in [-0.4, -0.2) is 32.9 Å². The van der Waals surface area contributed by atoms with Gasteiger partial charge in [0.2, 0.25) is 0 Å². The second kappa shape index (κ2) is 7.71. The fourth-order valence-corrected chi connectivity index (χ4v) is 2.95. The number of para-hydroxylation sites is 1. The van der Waals surface area contributed by atoms with Gasteiger partial charge in [-0.15, -0.1) is 0 Å². The molecule has 1 amide bonds. The number of carbonyl (C=O) groups is 1. The van der Waals surface area contributed by atoms with E-state index >= 15 is 0 Å². The van der Waals surface area contributed by atoms with E-state index in [2.05, 4.69) is 25.3 Å². The molecule has 3 heterocycles. The van der Waals surface area contributed by atoms with Gasteiger partial charge in [0.25, 0.3) is 5.91 Å². The quantitative estimate of drug-likeness (QED) is 0.557. The summed E-state index contributed by atoms with van der Waals surface area (Å²) in [6.07, 6.45) is 8.40. The molecule has 1 aromatic carbocycles. The highest BCUT2D eigenvalue weighted by Gasteiger charge is 2.18. The number of aromatic amines is 1. The largest absolute Gasteiger partial charge is 0.345 e. The first-order valence-electron chi connectivity index (χ1n) is 8.72. The molecule has 0 unspecified atom stereocenters. The Bertz CT molecular complexity index is 1080. The molecule has 7 heteroatoms. The molecule has 0 fully saturated rings. The number of rotatable bonds is 5. The summed E-state index contributed by atoms with van der Waals surface area (Å²) in [4.78, 5) is 30.5. The van der Waals surface area contributed by atoms with Crippen LogP contribution in [0.3, 0.4) is 0 Å². The number of pyridine rings is 2. The Morgan fingerprint density at radius 2 is 1.82 bits per heavy atom. The van der Waals surface area contributed by atoms with Crippen LogP contribution in [0.5, 0.6) is 0 Å². The van der Waals surface area contributed by atoms with Crippen molar-refractivity contribution in [2.24, 2.45) is 0 Å². The fourth-order valence-electron chi connectivity index (χ4n) is 2.95. The van der Waals surface area contributed by atoms with E-state index in [1.165, 1.54) is 0 Å². The summed E-state index contributed by atoms with van der Waals surface area (Å²) in [5.41, 5.74) is 3.75. The minimum Gasteiger partial charge on any atom is -0.345 e. The van der Waals surface area contributed by atoms with Crippen LogP contribution in [0.4, 0.5) is 17.2 Å². The number of nitrogens with one attached hydrogen (secondary N) is 2. The average Bonchev–Trinajstić information content (AvgIpc) is 3.29. The van der Waals surface area contributed by atoms with Crippen molar-refractivity contribution in [2.45, 2.75) is 0 Å². The maximum absolute atomic E-state index is 13.1. The third kappa shape index (κ3) is 3.45. The topological polar surface area (TPSA) is 86.8 Å². The molecule has 0 radical (unpaired) electrons. The lowest BCUT2D eigenvalue weighted by Gasteiger charge is -2.21. The van der Waals surface area contributed by atoms with Crippen LogP contribution in [0.25, 0.3) is 11.3 Å². The number of H-pyrrole nitrogens is 1. The molecule has 0 spiro atoms. The van der Waals surface area contributed by atoms with Crippen LogP contribution in [-0.2, 0) is 0 Å². The molecule has 0 aliphatic heterocycles. The van der Waals surface area contributed by atoms with E-state index in [-0.39, 0.29) is 5.91 Å². The number of benzene rings is 1. The molecule has 4 rings (SSSR count). The Hall–Kier alpha value is -4.00. The standard InChI is InChI=1S/C21H18N6O/c1-27(15-8-11-22-12-9-15)20-17(6-4-10-24-20)21(28)26-18-7-3-2-5-16(18)19-13-23-14-25-19/h2-14H,1H3,(H,23,25)(H,26,28). The molecule has 2 N–H and O–H groups in total. The molecule has 0 atom stereocenters. The lowest BCUT2D eigenvalue weighted by molar-refractivity contribution is 0.102. The molecule has 28 heavy (non-hydrogen) atoms. The maximum atomic E-state index is 13.1. The number of aromatic nitrogens is 4. The lowest BCUT2D eigenvalue weighted by Crippen LogP contribution is -2.20. The van der Waals surface area contributed by atoms with E-state index in [4.69, 9.17) is 0 Å². The van der Waals surface area contributed by atoms with Crippen LogP contribution in [0.15, 0.2) is 79.6 Å². The van der Waals surface area contributed by atoms with Crippen LogP contribution in [0.2, 0.25) is 0 Å². The molecular weight excluding hydrogens is 352 g/mol. The molecule has 0 saturated heterocycles. The van der Waals surface area contributed by atoms with Gasteiger partial charge in [-0.25, -0.2) is 9.97 Å². The number of hydrogen-bond acceptors (Lipinski definition) is 5. The van der Waals surface area contributed by atoms with E-state index in [1.807, 2.05) is 48.3 Å². The number of imidazole rings is 1. The van der Waals surface area contributed by atoms with Gasteiger partial charge in [-0.3, -0.25) is 9.78 Å². The van der Waals surface area contributed by atoms with Gasteiger partial charge in [-0.05, 0) is 30.3 Å². The number of hydrogen-bond donors (Lipinski definition) is 2. The highest BCUT2D eigenvalue weighted by atomic mass is 16.1. The van der Waals surface area contributed by atoms with Gasteiger partial charge in [0.05, 0.1) is 29.5 Å². The Kier molecular flexibility index (Phi) is 4.79. The summed E-state index contributed by atoms with van der Waals surface area (Å²) in [5.74, 6) is 0.321. The Balaban J connectivity index is 1.66. The first-order chi connectivity index (χ1) is 13.7. The number of carbonyl (C=O) groups excluding carboxylic acids is 1. The second-order valence-electron chi connectivity index (χ2n) is 6.10. The highest BCUT2D eigenvalue weighted by molar-refractivity contribution is 6.09. The molecule has 0 aliphatic carbocycles. The van der Waals surface area contributed by atoms with Crippen molar-refractivity contribution >= 4 is 23.1 Å². The van der Waals surface area contributed by atoms with Crippen molar-refractivity contribution in [3.05, 3.63) is 85.2 Å². The first-order valence-corrected chi connectivity index (χ1v) is 8.72. The van der Waals surface area contributed by atoms with Crippen molar-refractivity contribution in [2.75, 3.05) is 17.3 Å². The predicted molar refractivity (Wildman–Crippen MR) is 109 cm³/mol. The maximum Gasteiger partial charge on any atom is 0.259 e. The van der Waals surface area contributed by atoms with E-state index in [0.717, 1.165) is 16.9 Å². The van der Waals surface area contributed by atoms with E-state index < -0.39 is 0 Å². The van der Waals surface area contributed by atoms with Crippen molar-refractivity contribution < 1.29 is 4.79 Å². The minimum absolute atomic E-state index is 0.240. The Labute approximate surface area is 162 Å². The molecular formula is C21H18N6O. The van der Waals surface area contributed by atoms with Crippen molar-refractivity contribution in [3.63, 3.8) is 0 Å². The van der Waals surface area contributed by atoms with E-state index in [9.17, 15) is 4.79 Å². The number of anilines is 3. The SMILES string of the molecule is CN(c1ccncc1)c1ncccc1C(=O)Nc1ccccc1-c1cnc[nH]1. The molecule has 138 valence electrons. The lowest BCUT2D eigenvalue weighted by atomic mass is 10.1. The van der Waals surface area contributed by atoms with E-state index in [1.54, 1.807) is 43.2 Å². The molecule has 0 bridgehead atoms. The minimum atomic E-state index is -0.240. The van der Waals surface area contributed by atoms with Crippen LogP contribution in [0.1, 0.15) is 10.4 Å². The zero-order valence-corrected chi connectivity index (χ0v) is 15.2. The molecule has 0 aliphatic rings. The monoisotopic (exact) mass is 370 g/mol. The summed E-state index contributed by atoms with van der Waals surface area (Å²) < 4.78 is 0. The third-order valence-electron chi connectivity index (χ3n) is 4.36. The summed E-state index contributed by atoms with van der Waals surface area (Å²) in [5, 5.41) is 3.00. The second-order valence-corrected chi connectivity index (χ2v) is 6.10. The summed E-state index contributed by atoms with van der Waals surface area (Å²) in [6.45, 7) is 0. The Morgan fingerprint density at radius 3 is 2.61 bits per heavy atom. The zero-order valence-electron chi connectivity index (χ0n) is 15.2. The van der Waals surface area contributed by atoms with Gasteiger partial charge in [-0.1, -0.05) is 18.2 Å². The van der Waals surface area contributed by atoms with Gasteiger partial charge in [-0.2, -0.15) is 0 Å². The van der Waals surface area contributed by atoms with Crippen LogP contribution < -0.4 is 10.2 Å². The van der Waals surface area contributed by atoms with Gasteiger partial charge in [0.1, 0.15) is 5.82 Å². The summed E-state index contributed by atoms with van der Waals surface area (Å²) in [7, 11) is 1.87. The predicted octanol–water partition coefficient (Wildman–Crippen LogP) is 3.89. The van der Waals surface area contributed by atoms with Gasteiger partial charge < -0.3 is 15.2 Å². The molecule has 7 nitrogen and oxygen atoms in total. The van der Waals surface area contributed by atoms with Crippen LogP contribution >= 0.6 is 0 Å². The molecule has 3 aromatic heterocycles. The fraction of sp³-hybridized carbons (Fsp3) is 0.0476. The average molecular weight is 370 g/mol. The van der Waals surface area contributed by atoms with E-state index in [0.29, 0.717) is 17.1 Å². The number of nitrogens with zero attached hydrogens (tertiary/aromatic N) is 4. The first kappa shape index (κ1) is 17.4.